The number of hydrogen-bond donors (Lipinski definition) is 2. The molecule has 0 aliphatic rings. The van der Waals surface area contributed by atoms with Crippen molar-refractivity contribution in [1.82, 2.24) is 9.78 Å². The first-order chi connectivity index (χ1) is 9.88. The maximum Gasteiger partial charge on any atom is 0.356 e. The van der Waals surface area contributed by atoms with Gasteiger partial charge in [-0.25, -0.2) is 14.3 Å². The quantitative estimate of drug-likeness (QED) is 0.881. The van der Waals surface area contributed by atoms with Gasteiger partial charge >= 0.3 is 11.9 Å². The van der Waals surface area contributed by atoms with E-state index in [9.17, 15) is 9.59 Å². The molecule has 0 spiro atoms. The van der Waals surface area contributed by atoms with Gasteiger partial charge in [0.25, 0.3) is 0 Å². The number of rotatable bonds is 5. The number of carboxylic acids is 2. The molecule has 2 N–H and O–H groups in total. The predicted octanol–water partition coefficient (Wildman–Crippen LogP) is 2.47. The zero-order valence-corrected chi connectivity index (χ0v) is 11.8. The van der Waals surface area contributed by atoms with Crippen molar-refractivity contribution in [2.45, 2.75) is 20.3 Å². The second kappa shape index (κ2) is 5.78. The van der Waals surface area contributed by atoms with Crippen LogP contribution in [0.1, 0.15) is 40.4 Å². The lowest BCUT2D eigenvalue weighted by molar-refractivity contribution is 0.0681. The normalized spacial score (nSPS) is 10.8. The van der Waals surface area contributed by atoms with E-state index in [2.05, 4.69) is 5.10 Å². The van der Waals surface area contributed by atoms with E-state index in [1.165, 1.54) is 22.9 Å². The fourth-order valence-electron chi connectivity index (χ4n) is 2.08. The molecule has 0 atom stereocenters. The highest BCUT2D eigenvalue weighted by atomic mass is 16.4. The highest BCUT2D eigenvalue weighted by molar-refractivity contribution is 5.88. The Labute approximate surface area is 121 Å². The summed E-state index contributed by atoms with van der Waals surface area (Å²) in [6, 6.07) is 7.80. The standard InChI is InChI=1S/C15H16N2O4/c1-9(2)6-12-8-13(15(20)21)16-17(12)11-5-3-4-10(7-11)14(18)19/h3-5,7-9H,6H2,1-2H3,(H,18,19)(H,20,21). The lowest BCUT2D eigenvalue weighted by Gasteiger charge is -2.09. The fraction of sp³-hybridized carbons (Fsp3) is 0.267. The number of nitrogens with zero attached hydrogens (tertiary/aromatic N) is 2. The molecule has 1 heterocycles. The van der Waals surface area contributed by atoms with Gasteiger partial charge in [0.15, 0.2) is 5.69 Å². The van der Waals surface area contributed by atoms with Crippen LogP contribution < -0.4 is 0 Å². The molecule has 2 aromatic rings. The summed E-state index contributed by atoms with van der Waals surface area (Å²) >= 11 is 0. The lowest BCUT2D eigenvalue weighted by atomic mass is 10.1. The van der Waals surface area contributed by atoms with Crippen LogP contribution in [-0.2, 0) is 6.42 Å². The highest BCUT2D eigenvalue weighted by Crippen LogP contribution is 2.17. The molecule has 1 aromatic carbocycles. The van der Waals surface area contributed by atoms with Crippen LogP contribution in [0.5, 0.6) is 0 Å². The van der Waals surface area contributed by atoms with Gasteiger partial charge in [0.1, 0.15) is 0 Å². The average molecular weight is 288 g/mol. The summed E-state index contributed by atoms with van der Waals surface area (Å²) < 4.78 is 1.50. The van der Waals surface area contributed by atoms with Crippen molar-refractivity contribution < 1.29 is 19.8 Å². The summed E-state index contributed by atoms with van der Waals surface area (Å²) in [5.41, 5.74) is 1.37. The number of benzene rings is 1. The third-order valence-corrected chi connectivity index (χ3v) is 2.96. The van der Waals surface area contributed by atoms with Crippen molar-refractivity contribution >= 4 is 11.9 Å². The molecule has 21 heavy (non-hydrogen) atoms. The van der Waals surface area contributed by atoms with Gasteiger partial charge in [-0.1, -0.05) is 19.9 Å². The zero-order valence-electron chi connectivity index (χ0n) is 11.8. The number of aromatic carboxylic acids is 2. The first kappa shape index (κ1) is 14.8. The van der Waals surface area contributed by atoms with Gasteiger partial charge in [0, 0.05) is 5.69 Å². The van der Waals surface area contributed by atoms with Crippen LogP contribution in [0.25, 0.3) is 5.69 Å². The summed E-state index contributed by atoms with van der Waals surface area (Å²) in [7, 11) is 0. The highest BCUT2D eigenvalue weighted by Gasteiger charge is 2.16. The van der Waals surface area contributed by atoms with Crippen LogP contribution in [-0.4, -0.2) is 31.9 Å². The summed E-state index contributed by atoms with van der Waals surface area (Å²) in [4.78, 5) is 22.1. The van der Waals surface area contributed by atoms with Crippen molar-refractivity contribution in [1.29, 1.82) is 0 Å². The van der Waals surface area contributed by atoms with Crippen LogP contribution in [0.2, 0.25) is 0 Å². The van der Waals surface area contributed by atoms with Crippen molar-refractivity contribution in [3.8, 4) is 5.69 Å². The van der Waals surface area contributed by atoms with Crippen LogP contribution >= 0.6 is 0 Å². The summed E-state index contributed by atoms with van der Waals surface area (Å²) in [5, 5.41) is 22.2. The maximum absolute atomic E-state index is 11.1. The van der Waals surface area contributed by atoms with E-state index >= 15 is 0 Å². The predicted molar refractivity (Wildman–Crippen MR) is 76.0 cm³/mol. The molecular weight excluding hydrogens is 272 g/mol. The molecule has 0 bridgehead atoms. The molecule has 6 nitrogen and oxygen atoms in total. The van der Waals surface area contributed by atoms with Gasteiger partial charge in [-0.2, -0.15) is 5.10 Å². The van der Waals surface area contributed by atoms with Gasteiger partial charge in [0.05, 0.1) is 11.3 Å². The Morgan fingerprint density at radius 2 is 1.90 bits per heavy atom. The number of carbonyl (C=O) groups is 2. The molecule has 6 heteroatoms. The third-order valence-electron chi connectivity index (χ3n) is 2.96. The Morgan fingerprint density at radius 1 is 1.19 bits per heavy atom. The van der Waals surface area contributed by atoms with E-state index in [-0.39, 0.29) is 11.3 Å². The molecule has 0 amide bonds. The van der Waals surface area contributed by atoms with Crippen LogP contribution in [0.15, 0.2) is 30.3 Å². The minimum Gasteiger partial charge on any atom is -0.478 e. The molecule has 0 unspecified atom stereocenters. The monoisotopic (exact) mass is 288 g/mol. The van der Waals surface area contributed by atoms with E-state index in [1.807, 2.05) is 13.8 Å². The topological polar surface area (TPSA) is 92.4 Å². The second-order valence-electron chi connectivity index (χ2n) is 5.19. The second-order valence-corrected chi connectivity index (χ2v) is 5.19. The number of carboxylic acid groups (broad SMARTS) is 2. The van der Waals surface area contributed by atoms with Gasteiger partial charge < -0.3 is 10.2 Å². The molecule has 110 valence electrons. The SMILES string of the molecule is CC(C)Cc1cc(C(=O)O)nn1-c1cccc(C(=O)O)c1. The molecule has 0 aliphatic heterocycles. The summed E-state index contributed by atoms with van der Waals surface area (Å²) in [5.74, 6) is -1.81. The third kappa shape index (κ3) is 3.28. The van der Waals surface area contributed by atoms with Gasteiger partial charge in [0.2, 0.25) is 0 Å². The summed E-state index contributed by atoms with van der Waals surface area (Å²) in [6.45, 7) is 4.04. The minimum absolute atomic E-state index is 0.0496. The number of aromatic nitrogens is 2. The van der Waals surface area contributed by atoms with Gasteiger partial charge in [-0.3, -0.25) is 0 Å². The van der Waals surface area contributed by atoms with E-state index in [0.717, 1.165) is 5.69 Å². The fourth-order valence-corrected chi connectivity index (χ4v) is 2.08. The Kier molecular flexibility index (Phi) is 4.07. The van der Waals surface area contributed by atoms with Crippen molar-refractivity contribution in [2.75, 3.05) is 0 Å². The van der Waals surface area contributed by atoms with E-state index < -0.39 is 11.9 Å². The summed E-state index contributed by atoms with van der Waals surface area (Å²) in [6.07, 6.45) is 0.650. The first-order valence-corrected chi connectivity index (χ1v) is 6.54. The van der Waals surface area contributed by atoms with E-state index in [4.69, 9.17) is 10.2 Å². The van der Waals surface area contributed by atoms with Crippen molar-refractivity contribution in [3.05, 3.63) is 47.3 Å². The minimum atomic E-state index is -1.10. The van der Waals surface area contributed by atoms with Crippen LogP contribution in [0.3, 0.4) is 0 Å². The Hall–Kier alpha value is -2.63. The van der Waals surface area contributed by atoms with Gasteiger partial charge in [-0.15, -0.1) is 0 Å². The molecule has 0 saturated carbocycles. The van der Waals surface area contributed by atoms with Crippen LogP contribution in [0.4, 0.5) is 0 Å². The molecular formula is C15H16N2O4. The first-order valence-electron chi connectivity index (χ1n) is 6.54. The van der Waals surface area contributed by atoms with Crippen molar-refractivity contribution in [3.63, 3.8) is 0 Å². The largest absolute Gasteiger partial charge is 0.478 e. The maximum atomic E-state index is 11.1. The molecule has 0 radical (unpaired) electrons. The van der Waals surface area contributed by atoms with E-state index in [0.29, 0.717) is 18.0 Å². The van der Waals surface area contributed by atoms with Gasteiger partial charge in [-0.05, 0) is 36.6 Å². The van der Waals surface area contributed by atoms with Crippen LogP contribution in [0, 0.1) is 5.92 Å². The average Bonchev–Trinajstić information content (AvgIpc) is 2.82. The number of hydrogen-bond acceptors (Lipinski definition) is 3. The smallest absolute Gasteiger partial charge is 0.356 e. The Morgan fingerprint density at radius 3 is 2.48 bits per heavy atom. The molecule has 1 aromatic heterocycles. The Bertz CT molecular complexity index is 689. The zero-order chi connectivity index (χ0) is 15.6. The Balaban J connectivity index is 2.53. The molecule has 2 rings (SSSR count). The molecule has 0 aliphatic carbocycles. The van der Waals surface area contributed by atoms with Crippen molar-refractivity contribution in [2.24, 2.45) is 5.92 Å². The molecule has 0 fully saturated rings. The van der Waals surface area contributed by atoms with E-state index in [1.54, 1.807) is 12.1 Å². The molecule has 0 saturated heterocycles. The lowest BCUT2D eigenvalue weighted by Crippen LogP contribution is -2.07.